The van der Waals surface area contributed by atoms with Crippen LogP contribution in [0.5, 0.6) is 17.2 Å². The second kappa shape index (κ2) is 8.53. The molecule has 2 aliphatic rings. The molecule has 1 unspecified atom stereocenters. The highest BCUT2D eigenvalue weighted by atomic mass is 35.5. The van der Waals surface area contributed by atoms with Crippen molar-refractivity contribution in [3.63, 3.8) is 0 Å². The Balaban J connectivity index is 0.00000225. The number of ether oxygens (including phenoxy) is 3. The highest BCUT2D eigenvalue weighted by Gasteiger charge is 2.26. The molecule has 1 atom stereocenters. The molecule has 0 aromatic heterocycles. The predicted octanol–water partition coefficient (Wildman–Crippen LogP) is 2.54. The summed E-state index contributed by atoms with van der Waals surface area (Å²) in [6, 6.07) is 2.73. The third-order valence-electron chi connectivity index (χ3n) is 4.16. The third kappa shape index (κ3) is 4.64. The minimum Gasteiger partial charge on any atom is -0.454 e. The van der Waals surface area contributed by atoms with E-state index in [0.717, 1.165) is 25.8 Å². The molecular weight excluding hydrogens is 358 g/mol. The van der Waals surface area contributed by atoms with Crippen LogP contribution in [0.4, 0.5) is 8.78 Å². The minimum atomic E-state index is -2.95. The number of carbonyl (C=O) groups is 1. The van der Waals surface area contributed by atoms with Crippen molar-refractivity contribution in [1.29, 1.82) is 0 Å². The number of halogens is 3. The van der Waals surface area contributed by atoms with Gasteiger partial charge in [-0.25, -0.2) is 0 Å². The Labute approximate surface area is 150 Å². The molecule has 3 rings (SSSR count). The van der Waals surface area contributed by atoms with E-state index in [-0.39, 0.29) is 43.4 Å². The molecule has 1 amide bonds. The first-order valence-corrected chi connectivity index (χ1v) is 7.90. The van der Waals surface area contributed by atoms with Crippen LogP contribution < -0.4 is 19.5 Å². The molecule has 1 aromatic carbocycles. The van der Waals surface area contributed by atoms with Gasteiger partial charge in [-0.2, -0.15) is 8.78 Å². The topological polar surface area (TPSA) is 60.0 Å². The quantitative estimate of drug-likeness (QED) is 0.853. The molecule has 0 saturated carbocycles. The van der Waals surface area contributed by atoms with Gasteiger partial charge in [-0.15, -0.1) is 12.4 Å². The van der Waals surface area contributed by atoms with Crippen molar-refractivity contribution >= 4 is 18.3 Å². The van der Waals surface area contributed by atoms with Gasteiger partial charge in [0.25, 0.3) is 0 Å². The first-order valence-electron chi connectivity index (χ1n) is 7.90. The third-order valence-corrected chi connectivity index (χ3v) is 4.16. The molecule has 0 aliphatic carbocycles. The lowest BCUT2D eigenvalue weighted by molar-refractivity contribution is -0.133. The smallest absolute Gasteiger partial charge is 0.387 e. The number of alkyl halides is 2. The zero-order chi connectivity index (χ0) is 17.1. The zero-order valence-electron chi connectivity index (χ0n) is 13.8. The molecule has 9 heteroatoms. The van der Waals surface area contributed by atoms with Crippen LogP contribution in [0.3, 0.4) is 0 Å². The second-order valence-electron chi connectivity index (χ2n) is 5.89. The normalized spacial score (nSPS) is 18.6. The molecule has 0 radical (unpaired) electrons. The fraction of sp³-hybridized carbons (Fsp3) is 0.562. The molecule has 6 nitrogen and oxygen atoms in total. The van der Waals surface area contributed by atoms with Gasteiger partial charge in [-0.3, -0.25) is 4.79 Å². The van der Waals surface area contributed by atoms with Crippen LogP contribution in [-0.4, -0.2) is 43.8 Å². The van der Waals surface area contributed by atoms with E-state index in [1.165, 1.54) is 11.0 Å². The summed E-state index contributed by atoms with van der Waals surface area (Å²) in [5, 5.41) is 3.19. The molecule has 1 fully saturated rings. The highest BCUT2D eigenvalue weighted by molar-refractivity contribution is 5.85. The molecule has 25 heavy (non-hydrogen) atoms. The summed E-state index contributed by atoms with van der Waals surface area (Å²) in [7, 11) is 1.65. The molecule has 1 aromatic rings. The van der Waals surface area contributed by atoms with Gasteiger partial charge in [0.2, 0.25) is 12.7 Å². The Kier molecular flexibility index (Phi) is 6.66. The van der Waals surface area contributed by atoms with Gasteiger partial charge in [0.1, 0.15) is 5.75 Å². The van der Waals surface area contributed by atoms with Crippen LogP contribution in [0.2, 0.25) is 0 Å². The number of rotatable bonds is 5. The number of nitrogens with one attached hydrogen (secondary N) is 1. The Morgan fingerprint density at radius 1 is 1.36 bits per heavy atom. The number of likely N-dealkylation sites (N-methyl/N-ethyl adjacent to an activating group) is 1. The lowest BCUT2D eigenvalue weighted by Gasteiger charge is -2.28. The lowest BCUT2D eigenvalue weighted by Crippen LogP contribution is -2.47. The Bertz CT molecular complexity index is 612. The molecule has 2 heterocycles. The van der Waals surface area contributed by atoms with Crippen molar-refractivity contribution in [2.75, 3.05) is 20.4 Å². The van der Waals surface area contributed by atoms with E-state index in [1.54, 1.807) is 13.1 Å². The average Bonchev–Trinajstić information content (AvgIpc) is 3.01. The van der Waals surface area contributed by atoms with Crippen molar-refractivity contribution in [1.82, 2.24) is 10.2 Å². The van der Waals surface area contributed by atoms with Crippen molar-refractivity contribution in [3.05, 3.63) is 17.7 Å². The van der Waals surface area contributed by atoms with Gasteiger partial charge in [-0.05, 0) is 25.5 Å². The number of benzene rings is 1. The van der Waals surface area contributed by atoms with Crippen LogP contribution in [-0.2, 0) is 11.3 Å². The van der Waals surface area contributed by atoms with Crippen molar-refractivity contribution < 1.29 is 27.8 Å². The van der Waals surface area contributed by atoms with Gasteiger partial charge < -0.3 is 24.4 Å². The Morgan fingerprint density at radius 2 is 2.08 bits per heavy atom. The van der Waals surface area contributed by atoms with E-state index < -0.39 is 6.61 Å². The van der Waals surface area contributed by atoms with E-state index in [4.69, 9.17) is 9.47 Å². The molecule has 2 aliphatic heterocycles. The summed E-state index contributed by atoms with van der Waals surface area (Å²) in [5.41, 5.74) is 0.450. The SMILES string of the molecule is CN(Cc1cc2c(cc1OC(F)F)OCO2)C(=O)C1CCCCN1.Cl. The van der Waals surface area contributed by atoms with E-state index in [1.807, 2.05) is 0 Å². The van der Waals surface area contributed by atoms with Gasteiger partial charge in [0.05, 0.1) is 6.04 Å². The van der Waals surface area contributed by atoms with E-state index in [9.17, 15) is 13.6 Å². The standard InChI is InChI=1S/C16H20F2N2O4.ClH/c1-20(15(21)11-4-2-3-5-19-11)8-10-6-13-14(23-9-22-13)7-12(10)24-16(17)18;/h6-7,11,16,19H,2-5,8-9H2,1H3;1H. The number of nitrogens with zero attached hydrogens (tertiary/aromatic N) is 1. The zero-order valence-corrected chi connectivity index (χ0v) is 14.6. The first kappa shape index (κ1) is 19.5. The summed E-state index contributed by atoms with van der Waals surface area (Å²) >= 11 is 0. The number of hydrogen-bond donors (Lipinski definition) is 1. The van der Waals surface area contributed by atoms with Crippen LogP contribution >= 0.6 is 12.4 Å². The van der Waals surface area contributed by atoms with Gasteiger partial charge >= 0.3 is 6.61 Å². The maximum absolute atomic E-state index is 12.7. The number of hydrogen-bond acceptors (Lipinski definition) is 5. The first-order chi connectivity index (χ1) is 11.5. The summed E-state index contributed by atoms with van der Waals surface area (Å²) in [6.07, 6.45) is 2.84. The van der Waals surface area contributed by atoms with Crippen LogP contribution in [0.15, 0.2) is 12.1 Å². The van der Waals surface area contributed by atoms with Crippen molar-refractivity contribution in [2.45, 2.75) is 38.5 Å². The van der Waals surface area contributed by atoms with Gasteiger partial charge in [-0.1, -0.05) is 6.42 Å². The maximum atomic E-state index is 12.7. The number of piperidine rings is 1. The lowest BCUT2D eigenvalue weighted by atomic mass is 10.0. The summed E-state index contributed by atoms with van der Waals surface area (Å²) in [4.78, 5) is 14.0. The number of carbonyl (C=O) groups excluding carboxylic acids is 1. The second-order valence-corrected chi connectivity index (χ2v) is 5.89. The number of amides is 1. The molecule has 140 valence electrons. The molecule has 0 bridgehead atoms. The summed E-state index contributed by atoms with van der Waals surface area (Å²) < 4.78 is 40.3. The van der Waals surface area contributed by atoms with E-state index >= 15 is 0 Å². The van der Waals surface area contributed by atoms with E-state index in [2.05, 4.69) is 10.1 Å². The van der Waals surface area contributed by atoms with Crippen LogP contribution in [0, 0.1) is 0 Å². The van der Waals surface area contributed by atoms with Crippen molar-refractivity contribution in [3.8, 4) is 17.2 Å². The molecule has 0 spiro atoms. The van der Waals surface area contributed by atoms with Crippen LogP contribution in [0.1, 0.15) is 24.8 Å². The molecule has 1 saturated heterocycles. The maximum Gasteiger partial charge on any atom is 0.387 e. The van der Waals surface area contributed by atoms with Crippen molar-refractivity contribution in [2.24, 2.45) is 0 Å². The largest absolute Gasteiger partial charge is 0.454 e. The van der Waals surface area contributed by atoms with Gasteiger partial charge in [0.15, 0.2) is 11.5 Å². The highest BCUT2D eigenvalue weighted by Crippen LogP contribution is 2.39. The fourth-order valence-electron chi connectivity index (χ4n) is 2.96. The summed E-state index contributed by atoms with van der Waals surface area (Å²) in [6.45, 7) is -1.96. The predicted molar refractivity (Wildman–Crippen MR) is 88.6 cm³/mol. The Morgan fingerprint density at radius 3 is 2.72 bits per heavy atom. The number of fused-ring (bicyclic) bond motifs is 1. The van der Waals surface area contributed by atoms with Crippen LogP contribution in [0.25, 0.3) is 0 Å². The Hall–Kier alpha value is -1.80. The molecule has 1 N–H and O–H groups in total. The average molecular weight is 379 g/mol. The van der Waals surface area contributed by atoms with E-state index in [0.29, 0.717) is 17.1 Å². The minimum absolute atomic E-state index is 0. The fourth-order valence-corrected chi connectivity index (χ4v) is 2.96. The summed E-state index contributed by atoms with van der Waals surface area (Å²) in [5.74, 6) is 0.751. The monoisotopic (exact) mass is 378 g/mol. The van der Waals surface area contributed by atoms with Gasteiger partial charge in [0, 0.05) is 25.2 Å². The molecular formula is C16H21ClF2N2O4.